The maximum Gasteiger partial charge on any atom is 0.0538 e. The van der Waals surface area contributed by atoms with Crippen LogP contribution in [0.2, 0.25) is 0 Å². The second kappa shape index (κ2) is 2.87. The Labute approximate surface area is 59.3 Å². The first-order chi connectivity index (χ1) is 4.83. The Morgan fingerprint density at radius 2 is 2.20 bits per heavy atom. The van der Waals surface area contributed by atoms with Gasteiger partial charge in [-0.05, 0) is 17.7 Å². The molecule has 0 amide bonds. The molecule has 10 heavy (non-hydrogen) atoms. The maximum atomic E-state index is 5.49. The summed E-state index contributed by atoms with van der Waals surface area (Å²) >= 11 is 0. The molecule has 4 N–H and O–H groups in total. The first-order valence-electron chi connectivity index (χ1n) is 2.92. The van der Waals surface area contributed by atoms with Crippen LogP contribution in [0.15, 0.2) is 29.4 Å². The highest BCUT2D eigenvalue weighted by atomic mass is 15.1. The molecule has 0 aliphatic rings. The van der Waals surface area contributed by atoms with Crippen LogP contribution >= 0.6 is 0 Å². The van der Waals surface area contributed by atoms with E-state index in [9.17, 15) is 0 Å². The van der Waals surface area contributed by atoms with Gasteiger partial charge in [0.2, 0.25) is 0 Å². The second-order valence-corrected chi connectivity index (χ2v) is 1.95. The minimum absolute atomic E-state index is 0.720. The first-order valence-corrected chi connectivity index (χ1v) is 2.92. The summed E-state index contributed by atoms with van der Waals surface area (Å²) in [7, 11) is 0. The normalized spacial score (nSPS) is 10.4. The molecule has 0 unspecified atom stereocenters. The summed E-state index contributed by atoms with van der Waals surface area (Å²) < 4.78 is 0. The number of anilines is 1. The summed E-state index contributed by atoms with van der Waals surface area (Å²) in [6.45, 7) is 0. The van der Waals surface area contributed by atoms with E-state index in [1.54, 1.807) is 12.3 Å². The number of benzene rings is 1. The summed E-state index contributed by atoms with van der Waals surface area (Å²) in [5, 5.41) is 3.37. The quantitative estimate of drug-likeness (QED) is 0.256. The van der Waals surface area contributed by atoms with E-state index in [4.69, 9.17) is 11.6 Å². The number of hydrogen-bond acceptors (Lipinski definition) is 3. The molecule has 0 aromatic heterocycles. The van der Waals surface area contributed by atoms with E-state index in [0.717, 1.165) is 11.3 Å². The molecule has 0 radical (unpaired) electrons. The number of nitrogens with zero attached hydrogens (tertiary/aromatic N) is 1. The van der Waals surface area contributed by atoms with Crippen molar-refractivity contribution in [2.45, 2.75) is 0 Å². The molecule has 0 heterocycles. The maximum absolute atomic E-state index is 5.49. The van der Waals surface area contributed by atoms with Crippen LogP contribution in [0.25, 0.3) is 0 Å². The highest BCUT2D eigenvalue weighted by molar-refractivity contribution is 5.80. The van der Waals surface area contributed by atoms with Gasteiger partial charge in [0, 0.05) is 5.69 Å². The number of hydrazone groups is 1. The third-order valence-corrected chi connectivity index (χ3v) is 1.13. The van der Waals surface area contributed by atoms with Crippen LogP contribution in [0.3, 0.4) is 0 Å². The van der Waals surface area contributed by atoms with Crippen molar-refractivity contribution < 1.29 is 0 Å². The Morgan fingerprint density at radius 1 is 1.40 bits per heavy atom. The van der Waals surface area contributed by atoms with Crippen molar-refractivity contribution >= 4 is 11.9 Å². The Morgan fingerprint density at radius 3 is 2.80 bits per heavy atom. The Kier molecular flexibility index (Phi) is 1.89. The van der Waals surface area contributed by atoms with E-state index < -0.39 is 0 Å². The van der Waals surface area contributed by atoms with Gasteiger partial charge in [-0.15, -0.1) is 0 Å². The standard InChI is InChI=1S/C7H9N3/c8-7-3-1-2-6(4-7)5-10-9/h1-5H,8-9H2/b10-5+. The van der Waals surface area contributed by atoms with Crippen LogP contribution in [0.1, 0.15) is 5.56 Å². The van der Waals surface area contributed by atoms with Gasteiger partial charge in [-0.2, -0.15) is 5.10 Å². The molecular formula is C7H9N3. The summed E-state index contributed by atoms with van der Waals surface area (Å²) in [5.41, 5.74) is 7.13. The molecule has 0 fully saturated rings. The fraction of sp³-hybridized carbons (Fsp3) is 0. The zero-order chi connectivity index (χ0) is 7.40. The van der Waals surface area contributed by atoms with Crippen LogP contribution < -0.4 is 11.6 Å². The third kappa shape index (κ3) is 1.48. The molecule has 0 bridgehead atoms. The number of rotatable bonds is 1. The SMILES string of the molecule is N/N=C/c1cccc(N)c1. The largest absolute Gasteiger partial charge is 0.399 e. The van der Waals surface area contributed by atoms with E-state index in [-0.39, 0.29) is 0 Å². The molecule has 0 saturated carbocycles. The zero-order valence-corrected chi connectivity index (χ0v) is 5.49. The lowest BCUT2D eigenvalue weighted by molar-refractivity contribution is 1.26. The van der Waals surface area contributed by atoms with Gasteiger partial charge in [-0.1, -0.05) is 12.1 Å². The molecule has 3 heteroatoms. The molecule has 0 saturated heterocycles. The lowest BCUT2D eigenvalue weighted by Gasteiger charge is -1.92. The highest BCUT2D eigenvalue weighted by Gasteiger charge is 1.86. The Balaban J connectivity index is 2.95. The van der Waals surface area contributed by atoms with Crippen LogP contribution in [0, 0.1) is 0 Å². The first kappa shape index (κ1) is 6.61. The van der Waals surface area contributed by atoms with E-state index in [1.807, 2.05) is 18.2 Å². The lowest BCUT2D eigenvalue weighted by Crippen LogP contribution is -1.89. The van der Waals surface area contributed by atoms with Crippen molar-refractivity contribution in [3.8, 4) is 0 Å². The topological polar surface area (TPSA) is 64.4 Å². The summed E-state index contributed by atoms with van der Waals surface area (Å²) in [6.07, 6.45) is 1.55. The molecule has 3 nitrogen and oxygen atoms in total. The number of nitrogens with two attached hydrogens (primary N) is 2. The van der Waals surface area contributed by atoms with Crippen LogP contribution in [-0.4, -0.2) is 6.21 Å². The smallest absolute Gasteiger partial charge is 0.0538 e. The van der Waals surface area contributed by atoms with Crippen molar-refractivity contribution in [2.24, 2.45) is 10.9 Å². The van der Waals surface area contributed by atoms with Crippen LogP contribution in [0.4, 0.5) is 5.69 Å². The van der Waals surface area contributed by atoms with Crippen LogP contribution in [-0.2, 0) is 0 Å². The predicted molar refractivity (Wildman–Crippen MR) is 42.6 cm³/mol. The van der Waals surface area contributed by atoms with Gasteiger partial charge < -0.3 is 11.6 Å². The summed E-state index contributed by atoms with van der Waals surface area (Å²) in [6, 6.07) is 7.35. The second-order valence-electron chi connectivity index (χ2n) is 1.95. The third-order valence-electron chi connectivity index (χ3n) is 1.13. The van der Waals surface area contributed by atoms with E-state index in [2.05, 4.69) is 5.10 Å². The van der Waals surface area contributed by atoms with Gasteiger partial charge in [0.1, 0.15) is 0 Å². The molecule has 1 aromatic carbocycles. The summed E-state index contributed by atoms with van der Waals surface area (Å²) in [4.78, 5) is 0. The molecule has 52 valence electrons. The van der Waals surface area contributed by atoms with Crippen LogP contribution in [0.5, 0.6) is 0 Å². The zero-order valence-electron chi connectivity index (χ0n) is 5.49. The molecular weight excluding hydrogens is 126 g/mol. The average Bonchev–Trinajstić information content (AvgIpc) is 1.88. The highest BCUT2D eigenvalue weighted by Crippen LogP contribution is 2.03. The van der Waals surface area contributed by atoms with Crippen molar-refractivity contribution in [1.82, 2.24) is 0 Å². The monoisotopic (exact) mass is 135 g/mol. The Hall–Kier alpha value is -1.51. The van der Waals surface area contributed by atoms with Crippen molar-refractivity contribution in [1.29, 1.82) is 0 Å². The fourth-order valence-electron chi connectivity index (χ4n) is 0.725. The van der Waals surface area contributed by atoms with Gasteiger partial charge in [0.05, 0.1) is 6.21 Å². The number of nitrogen functional groups attached to an aromatic ring is 1. The van der Waals surface area contributed by atoms with E-state index in [1.165, 1.54) is 0 Å². The minimum Gasteiger partial charge on any atom is -0.399 e. The number of hydrogen-bond donors (Lipinski definition) is 2. The minimum atomic E-state index is 0.720. The molecule has 0 atom stereocenters. The van der Waals surface area contributed by atoms with Crippen molar-refractivity contribution in [3.63, 3.8) is 0 Å². The molecule has 0 aliphatic heterocycles. The van der Waals surface area contributed by atoms with Crippen molar-refractivity contribution in [3.05, 3.63) is 29.8 Å². The van der Waals surface area contributed by atoms with Gasteiger partial charge in [-0.3, -0.25) is 0 Å². The average molecular weight is 135 g/mol. The fourth-order valence-corrected chi connectivity index (χ4v) is 0.725. The molecule has 0 spiro atoms. The predicted octanol–water partition coefficient (Wildman–Crippen LogP) is 0.561. The van der Waals surface area contributed by atoms with Gasteiger partial charge in [0.25, 0.3) is 0 Å². The lowest BCUT2D eigenvalue weighted by atomic mass is 10.2. The van der Waals surface area contributed by atoms with Crippen molar-refractivity contribution in [2.75, 3.05) is 5.73 Å². The van der Waals surface area contributed by atoms with Gasteiger partial charge >= 0.3 is 0 Å². The summed E-state index contributed by atoms with van der Waals surface area (Å²) in [5.74, 6) is 4.94. The molecule has 1 rings (SSSR count). The molecule has 1 aromatic rings. The Bertz CT molecular complexity index is 242. The molecule has 0 aliphatic carbocycles. The van der Waals surface area contributed by atoms with E-state index >= 15 is 0 Å². The van der Waals surface area contributed by atoms with E-state index in [0.29, 0.717) is 0 Å². The van der Waals surface area contributed by atoms with Gasteiger partial charge in [0.15, 0.2) is 0 Å². The van der Waals surface area contributed by atoms with Gasteiger partial charge in [-0.25, -0.2) is 0 Å².